The van der Waals surface area contributed by atoms with Crippen LogP contribution in [0.15, 0.2) is 36.8 Å². The highest BCUT2D eigenvalue weighted by atomic mass is 32.1. The van der Waals surface area contributed by atoms with Crippen molar-refractivity contribution in [1.29, 1.82) is 0 Å². The van der Waals surface area contributed by atoms with Crippen molar-refractivity contribution >= 4 is 28.7 Å². The number of carbonyl (C=O) groups is 1. The number of hydrogen-bond acceptors (Lipinski definition) is 7. The maximum Gasteiger partial charge on any atom is 0.253 e. The first-order valence-electron chi connectivity index (χ1n) is 7.74. The fourth-order valence-electron chi connectivity index (χ4n) is 2.79. The second-order valence-corrected chi connectivity index (χ2v) is 6.15. The molecule has 4 rings (SSSR count). The molecular weight excluding hydrogens is 326 g/mol. The van der Waals surface area contributed by atoms with Crippen LogP contribution in [0.4, 0.5) is 0 Å². The molecule has 0 unspecified atom stereocenters. The maximum atomic E-state index is 12.6. The number of carbonyl (C=O) groups excluding carboxylic acids is 1. The first-order chi connectivity index (χ1) is 11.8. The van der Waals surface area contributed by atoms with Crippen LogP contribution in [0.5, 0.6) is 5.88 Å². The zero-order valence-corrected chi connectivity index (χ0v) is 13.6. The molecule has 24 heavy (non-hydrogen) atoms. The highest BCUT2D eigenvalue weighted by Gasteiger charge is 2.25. The lowest BCUT2D eigenvalue weighted by molar-refractivity contribution is 0.0587. The fourth-order valence-corrected chi connectivity index (χ4v) is 3.31. The summed E-state index contributed by atoms with van der Waals surface area (Å²) in [5, 5.41) is 0. The Labute approximate surface area is 142 Å². The number of fused-ring (bicyclic) bond motifs is 1. The maximum absolute atomic E-state index is 12.6. The second-order valence-electron chi connectivity index (χ2n) is 5.62. The summed E-state index contributed by atoms with van der Waals surface area (Å²) in [7, 11) is 0. The minimum absolute atomic E-state index is 0.0304. The van der Waals surface area contributed by atoms with Gasteiger partial charge in [0, 0.05) is 43.9 Å². The SMILES string of the molecule is O=C(c1ccc2nsnc2c1)N1CCC(Oc2cnccn2)CC1. The lowest BCUT2D eigenvalue weighted by Crippen LogP contribution is -2.41. The molecule has 1 aliphatic rings. The number of amides is 1. The van der Waals surface area contributed by atoms with Gasteiger partial charge in [0.05, 0.1) is 17.9 Å². The molecule has 1 aliphatic heterocycles. The molecule has 122 valence electrons. The first kappa shape index (κ1) is 14.9. The van der Waals surface area contributed by atoms with Gasteiger partial charge in [0.25, 0.3) is 5.91 Å². The average Bonchev–Trinajstić information content (AvgIpc) is 3.10. The molecule has 0 aliphatic carbocycles. The number of piperidine rings is 1. The smallest absolute Gasteiger partial charge is 0.253 e. The Hall–Kier alpha value is -2.61. The number of hydrogen-bond donors (Lipinski definition) is 0. The van der Waals surface area contributed by atoms with Crippen LogP contribution in [0, 0.1) is 0 Å². The number of aromatic nitrogens is 4. The summed E-state index contributed by atoms with van der Waals surface area (Å²) in [4.78, 5) is 22.6. The van der Waals surface area contributed by atoms with Gasteiger partial charge in [0.2, 0.25) is 5.88 Å². The highest BCUT2D eigenvalue weighted by molar-refractivity contribution is 7.00. The van der Waals surface area contributed by atoms with E-state index in [0.29, 0.717) is 24.5 Å². The zero-order chi connectivity index (χ0) is 16.4. The summed E-state index contributed by atoms with van der Waals surface area (Å²) in [5.74, 6) is 0.562. The van der Waals surface area contributed by atoms with Gasteiger partial charge in [-0.2, -0.15) is 8.75 Å². The predicted molar refractivity (Wildman–Crippen MR) is 89.0 cm³/mol. The van der Waals surface area contributed by atoms with Gasteiger partial charge in [0.1, 0.15) is 17.1 Å². The number of rotatable bonds is 3. The van der Waals surface area contributed by atoms with Gasteiger partial charge in [-0.15, -0.1) is 0 Å². The second kappa shape index (κ2) is 6.48. The van der Waals surface area contributed by atoms with E-state index in [1.54, 1.807) is 18.6 Å². The quantitative estimate of drug-likeness (QED) is 0.726. The third-order valence-electron chi connectivity index (χ3n) is 4.06. The van der Waals surface area contributed by atoms with Crippen molar-refractivity contribution in [1.82, 2.24) is 23.6 Å². The van der Waals surface area contributed by atoms with E-state index in [1.165, 1.54) is 0 Å². The Morgan fingerprint density at radius 1 is 1.17 bits per heavy atom. The molecule has 1 saturated heterocycles. The molecule has 8 heteroatoms. The fraction of sp³-hybridized carbons (Fsp3) is 0.312. The van der Waals surface area contributed by atoms with E-state index >= 15 is 0 Å². The molecule has 0 atom stereocenters. The lowest BCUT2D eigenvalue weighted by Gasteiger charge is -2.31. The largest absolute Gasteiger partial charge is 0.473 e. The Balaban J connectivity index is 1.39. The molecule has 3 aromatic rings. The van der Waals surface area contributed by atoms with Crippen molar-refractivity contribution in [3.05, 3.63) is 42.4 Å². The van der Waals surface area contributed by atoms with Crippen molar-refractivity contribution < 1.29 is 9.53 Å². The third-order valence-corrected chi connectivity index (χ3v) is 4.61. The van der Waals surface area contributed by atoms with Gasteiger partial charge in [-0.1, -0.05) is 0 Å². The Morgan fingerprint density at radius 2 is 2.00 bits per heavy atom. The minimum atomic E-state index is 0.0304. The van der Waals surface area contributed by atoms with Crippen molar-refractivity contribution in [2.75, 3.05) is 13.1 Å². The van der Waals surface area contributed by atoms with Crippen molar-refractivity contribution in [3.8, 4) is 5.88 Å². The summed E-state index contributed by atoms with van der Waals surface area (Å²) in [6.07, 6.45) is 6.46. The summed E-state index contributed by atoms with van der Waals surface area (Å²) in [5.41, 5.74) is 2.25. The van der Waals surface area contributed by atoms with Gasteiger partial charge in [-0.05, 0) is 18.2 Å². The van der Waals surface area contributed by atoms with Crippen LogP contribution in [0.3, 0.4) is 0 Å². The van der Waals surface area contributed by atoms with Crippen LogP contribution in [0.2, 0.25) is 0 Å². The number of likely N-dealkylation sites (tertiary alicyclic amines) is 1. The van der Waals surface area contributed by atoms with Gasteiger partial charge >= 0.3 is 0 Å². The van der Waals surface area contributed by atoms with Gasteiger partial charge < -0.3 is 9.64 Å². The summed E-state index contributed by atoms with van der Waals surface area (Å²) < 4.78 is 14.2. The van der Waals surface area contributed by atoms with Crippen molar-refractivity contribution in [3.63, 3.8) is 0 Å². The van der Waals surface area contributed by atoms with E-state index in [-0.39, 0.29) is 12.0 Å². The topological polar surface area (TPSA) is 81.1 Å². The summed E-state index contributed by atoms with van der Waals surface area (Å²) in [6.45, 7) is 1.33. The van der Waals surface area contributed by atoms with E-state index in [2.05, 4.69) is 18.7 Å². The number of nitrogens with zero attached hydrogens (tertiary/aromatic N) is 5. The van der Waals surface area contributed by atoms with E-state index in [1.807, 2.05) is 23.1 Å². The van der Waals surface area contributed by atoms with E-state index in [9.17, 15) is 4.79 Å². The average molecular weight is 341 g/mol. The molecule has 0 bridgehead atoms. The molecule has 7 nitrogen and oxygen atoms in total. The van der Waals surface area contributed by atoms with Crippen molar-refractivity contribution in [2.24, 2.45) is 0 Å². The molecule has 0 radical (unpaired) electrons. The Bertz CT molecular complexity index is 846. The van der Waals surface area contributed by atoms with Crippen LogP contribution in [0.25, 0.3) is 11.0 Å². The molecule has 0 saturated carbocycles. The molecule has 2 aromatic heterocycles. The molecular formula is C16H15N5O2S. The van der Waals surface area contributed by atoms with Crippen LogP contribution >= 0.6 is 11.7 Å². The van der Waals surface area contributed by atoms with Gasteiger partial charge in [-0.3, -0.25) is 9.78 Å². The van der Waals surface area contributed by atoms with E-state index in [4.69, 9.17) is 4.74 Å². The van der Waals surface area contributed by atoms with Crippen LogP contribution < -0.4 is 4.74 Å². The van der Waals surface area contributed by atoms with Gasteiger partial charge in [-0.25, -0.2) is 4.98 Å². The normalized spacial score (nSPS) is 15.6. The number of ether oxygens (including phenoxy) is 1. The van der Waals surface area contributed by atoms with E-state index in [0.717, 1.165) is 35.6 Å². The predicted octanol–water partition coefficient (Wildman–Crippen LogP) is 2.16. The zero-order valence-electron chi connectivity index (χ0n) is 12.8. The van der Waals surface area contributed by atoms with E-state index < -0.39 is 0 Å². The van der Waals surface area contributed by atoms with Crippen molar-refractivity contribution in [2.45, 2.75) is 18.9 Å². The van der Waals surface area contributed by atoms with Crippen LogP contribution in [0.1, 0.15) is 23.2 Å². The molecule has 1 aromatic carbocycles. The highest BCUT2D eigenvalue weighted by Crippen LogP contribution is 2.20. The Kier molecular flexibility index (Phi) is 4.04. The Morgan fingerprint density at radius 3 is 2.79 bits per heavy atom. The first-order valence-corrected chi connectivity index (χ1v) is 8.47. The molecule has 1 fully saturated rings. The molecule has 1 amide bonds. The summed E-state index contributed by atoms with van der Waals surface area (Å²) >= 11 is 1.16. The van der Waals surface area contributed by atoms with Crippen LogP contribution in [-0.2, 0) is 0 Å². The molecule has 0 N–H and O–H groups in total. The lowest BCUT2D eigenvalue weighted by atomic mass is 10.1. The van der Waals surface area contributed by atoms with Crippen LogP contribution in [-0.4, -0.2) is 48.7 Å². The number of benzene rings is 1. The minimum Gasteiger partial charge on any atom is -0.473 e. The summed E-state index contributed by atoms with van der Waals surface area (Å²) in [6, 6.07) is 5.47. The standard InChI is InChI=1S/C16H15N5O2S/c22-16(11-1-2-13-14(9-11)20-24-19-13)21-7-3-12(4-8-21)23-15-10-17-5-6-18-15/h1-2,5-6,9-10,12H,3-4,7-8H2. The molecule has 0 spiro atoms. The monoisotopic (exact) mass is 341 g/mol. The van der Waals surface area contributed by atoms with Gasteiger partial charge in [0.15, 0.2) is 0 Å². The molecule has 3 heterocycles. The third kappa shape index (κ3) is 3.05.